The molecular formula is C21H19Cl2N3O2. The molecule has 0 N–H and O–H groups in total. The van der Waals surface area contributed by atoms with Crippen LogP contribution in [0.2, 0.25) is 5.02 Å². The lowest BCUT2D eigenvalue weighted by molar-refractivity contribution is -0.138. The lowest BCUT2D eigenvalue weighted by atomic mass is 10.2. The van der Waals surface area contributed by atoms with E-state index in [1.807, 2.05) is 23.1 Å². The molecule has 2 heterocycles. The van der Waals surface area contributed by atoms with Gasteiger partial charge in [-0.3, -0.25) is 14.5 Å². The number of benzene rings is 2. The zero-order chi connectivity index (χ0) is 19.7. The SMILES string of the molecule is O=C1C(Cl)=C(N2CCN(c3ccccc3)CC2)C(=O)N1Cc1ccc(Cl)cc1. The Bertz CT molecular complexity index is 920. The van der Waals surface area contributed by atoms with E-state index in [4.69, 9.17) is 23.2 Å². The monoisotopic (exact) mass is 415 g/mol. The van der Waals surface area contributed by atoms with Crippen LogP contribution in [0.4, 0.5) is 5.69 Å². The van der Waals surface area contributed by atoms with Gasteiger partial charge >= 0.3 is 0 Å². The Labute approximate surface area is 173 Å². The molecule has 2 amide bonds. The van der Waals surface area contributed by atoms with Crippen molar-refractivity contribution in [1.82, 2.24) is 9.80 Å². The lowest BCUT2D eigenvalue weighted by Gasteiger charge is -2.37. The van der Waals surface area contributed by atoms with E-state index in [1.54, 1.807) is 24.3 Å². The highest BCUT2D eigenvalue weighted by atomic mass is 35.5. The van der Waals surface area contributed by atoms with Crippen LogP contribution in [-0.4, -0.2) is 47.8 Å². The summed E-state index contributed by atoms with van der Waals surface area (Å²) in [5.41, 5.74) is 2.29. The summed E-state index contributed by atoms with van der Waals surface area (Å²) in [5, 5.41) is 0.614. The van der Waals surface area contributed by atoms with E-state index < -0.39 is 5.91 Å². The van der Waals surface area contributed by atoms with Crippen molar-refractivity contribution in [3.8, 4) is 0 Å². The van der Waals surface area contributed by atoms with Gasteiger partial charge < -0.3 is 9.80 Å². The molecule has 4 rings (SSSR count). The second-order valence-corrected chi connectivity index (χ2v) is 7.61. The van der Waals surface area contributed by atoms with E-state index in [0.29, 0.717) is 23.8 Å². The van der Waals surface area contributed by atoms with Crippen LogP contribution in [0.1, 0.15) is 5.56 Å². The van der Waals surface area contributed by atoms with Gasteiger partial charge in [-0.15, -0.1) is 0 Å². The number of hydrogen-bond donors (Lipinski definition) is 0. The molecule has 0 spiro atoms. The Hall–Kier alpha value is -2.50. The molecule has 144 valence electrons. The molecule has 0 unspecified atom stereocenters. The fraction of sp³-hybridized carbons (Fsp3) is 0.238. The van der Waals surface area contributed by atoms with Crippen molar-refractivity contribution >= 4 is 40.7 Å². The van der Waals surface area contributed by atoms with Gasteiger partial charge in [-0.2, -0.15) is 0 Å². The fourth-order valence-corrected chi connectivity index (χ4v) is 3.98. The van der Waals surface area contributed by atoms with Crippen LogP contribution in [0.25, 0.3) is 0 Å². The van der Waals surface area contributed by atoms with Crippen molar-refractivity contribution in [3.05, 3.63) is 75.9 Å². The van der Waals surface area contributed by atoms with Crippen molar-refractivity contribution in [2.75, 3.05) is 31.1 Å². The second kappa shape index (κ2) is 7.86. The van der Waals surface area contributed by atoms with Gasteiger partial charge in [0.05, 0.1) is 6.54 Å². The number of carbonyl (C=O) groups excluding carboxylic acids is 2. The Morgan fingerprint density at radius 2 is 1.36 bits per heavy atom. The Morgan fingerprint density at radius 3 is 2.00 bits per heavy atom. The van der Waals surface area contributed by atoms with Crippen LogP contribution in [-0.2, 0) is 16.1 Å². The van der Waals surface area contributed by atoms with Crippen LogP contribution in [0.15, 0.2) is 65.3 Å². The summed E-state index contributed by atoms with van der Waals surface area (Å²) >= 11 is 12.2. The second-order valence-electron chi connectivity index (χ2n) is 6.80. The molecule has 0 bridgehead atoms. The number of rotatable bonds is 4. The topological polar surface area (TPSA) is 43.9 Å². The van der Waals surface area contributed by atoms with E-state index in [2.05, 4.69) is 17.0 Å². The number of amides is 2. The Balaban J connectivity index is 1.45. The van der Waals surface area contributed by atoms with E-state index >= 15 is 0 Å². The van der Waals surface area contributed by atoms with Gasteiger partial charge in [-0.1, -0.05) is 53.5 Å². The minimum absolute atomic E-state index is 0.00660. The summed E-state index contributed by atoms with van der Waals surface area (Å²) in [4.78, 5) is 30.9. The van der Waals surface area contributed by atoms with E-state index in [-0.39, 0.29) is 17.5 Å². The molecule has 1 fully saturated rings. The zero-order valence-corrected chi connectivity index (χ0v) is 16.7. The normalized spacial score (nSPS) is 17.7. The third kappa shape index (κ3) is 3.60. The van der Waals surface area contributed by atoms with Gasteiger partial charge in [0.15, 0.2) is 0 Å². The molecule has 0 radical (unpaired) electrons. The zero-order valence-electron chi connectivity index (χ0n) is 15.1. The number of para-hydroxylation sites is 1. The van der Waals surface area contributed by atoms with Gasteiger partial charge in [0.2, 0.25) is 0 Å². The molecule has 0 aromatic heterocycles. The van der Waals surface area contributed by atoms with Crippen LogP contribution < -0.4 is 4.90 Å². The van der Waals surface area contributed by atoms with Gasteiger partial charge in [-0.25, -0.2) is 0 Å². The number of imide groups is 1. The van der Waals surface area contributed by atoms with Gasteiger partial charge in [0.25, 0.3) is 11.8 Å². The molecule has 2 aromatic rings. The number of carbonyl (C=O) groups is 2. The van der Waals surface area contributed by atoms with Crippen molar-refractivity contribution in [3.63, 3.8) is 0 Å². The summed E-state index contributed by atoms with van der Waals surface area (Å²) in [6.07, 6.45) is 0. The summed E-state index contributed by atoms with van der Waals surface area (Å²) in [7, 11) is 0. The average Bonchev–Trinajstić information content (AvgIpc) is 2.94. The maximum atomic E-state index is 12.9. The third-order valence-electron chi connectivity index (χ3n) is 5.06. The first-order chi connectivity index (χ1) is 13.5. The maximum Gasteiger partial charge on any atom is 0.279 e. The molecule has 1 saturated heterocycles. The molecular weight excluding hydrogens is 397 g/mol. The Morgan fingerprint density at radius 1 is 0.750 bits per heavy atom. The highest BCUT2D eigenvalue weighted by Crippen LogP contribution is 2.29. The molecule has 2 aliphatic heterocycles. The number of piperazine rings is 1. The van der Waals surface area contributed by atoms with Gasteiger partial charge in [-0.05, 0) is 29.8 Å². The van der Waals surface area contributed by atoms with Crippen molar-refractivity contribution < 1.29 is 9.59 Å². The summed E-state index contributed by atoms with van der Waals surface area (Å²) < 4.78 is 0. The number of hydrogen-bond acceptors (Lipinski definition) is 4. The maximum absolute atomic E-state index is 12.9. The molecule has 28 heavy (non-hydrogen) atoms. The number of anilines is 1. The fourth-order valence-electron chi connectivity index (χ4n) is 3.55. The summed E-state index contributed by atoms with van der Waals surface area (Å²) in [5.74, 6) is -0.778. The summed E-state index contributed by atoms with van der Waals surface area (Å²) in [6, 6.07) is 17.2. The number of halogens is 2. The molecule has 0 aliphatic carbocycles. The molecule has 0 atom stereocenters. The molecule has 7 heteroatoms. The standard InChI is InChI=1S/C21H19Cl2N3O2/c22-16-8-6-15(7-9-16)14-26-20(27)18(23)19(21(26)28)25-12-10-24(11-13-25)17-4-2-1-3-5-17/h1-9H,10-14H2. The summed E-state index contributed by atoms with van der Waals surface area (Å²) in [6.45, 7) is 2.97. The van der Waals surface area contributed by atoms with Crippen molar-refractivity contribution in [1.29, 1.82) is 0 Å². The lowest BCUT2D eigenvalue weighted by Crippen LogP contribution is -2.47. The first-order valence-electron chi connectivity index (χ1n) is 9.10. The largest absolute Gasteiger partial charge is 0.368 e. The van der Waals surface area contributed by atoms with Crippen molar-refractivity contribution in [2.45, 2.75) is 6.54 Å². The smallest absolute Gasteiger partial charge is 0.279 e. The minimum Gasteiger partial charge on any atom is -0.368 e. The van der Waals surface area contributed by atoms with Crippen LogP contribution >= 0.6 is 23.2 Å². The molecule has 2 aliphatic rings. The van der Waals surface area contributed by atoms with E-state index in [1.165, 1.54) is 4.90 Å². The van der Waals surface area contributed by atoms with Crippen LogP contribution in [0, 0.1) is 0 Å². The predicted octanol–water partition coefficient (Wildman–Crippen LogP) is 3.48. The first-order valence-corrected chi connectivity index (χ1v) is 9.85. The molecule has 2 aromatic carbocycles. The quantitative estimate of drug-likeness (QED) is 0.716. The van der Waals surface area contributed by atoms with Gasteiger partial charge in [0, 0.05) is 36.9 Å². The molecule has 0 saturated carbocycles. The van der Waals surface area contributed by atoms with E-state index in [0.717, 1.165) is 24.3 Å². The highest BCUT2D eigenvalue weighted by Gasteiger charge is 2.41. The van der Waals surface area contributed by atoms with E-state index in [9.17, 15) is 9.59 Å². The number of nitrogens with zero attached hydrogens (tertiary/aromatic N) is 3. The van der Waals surface area contributed by atoms with Gasteiger partial charge in [0.1, 0.15) is 10.7 Å². The minimum atomic E-state index is -0.442. The highest BCUT2D eigenvalue weighted by molar-refractivity contribution is 6.47. The third-order valence-corrected chi connectivity index (χ3v) is 5.65. The predicted molar refractivity (Wildman–Crippen MR) is 110 cm³/mol. The van der Waals surface area contributed by atoms with Crippen molar-refractivity contribution in [2.24, 2.45) is 0 Å². The first kappa shape index (κ1) is 18.8. The van der Waals surface area contributed by atoms with Crippen LogP contribution in [0.3, 0.4) is 0 Å². The van der Waals surface area contributed by atoms with Crippen LogP contribution in [0.5, 0.6) is 0 Å². The average molecular weight is 416 g/mol. The Kier molecular flexibility index (Phi) is 5.29. The molecule has 5 nitrogen and oxygen atoms in total.